The number of unbranched alkanes of at least 4 members (excludes halogenated alkanes) is 1. The van der Waals surface area contributed by atoms with E-state index in [-0.39, 0.29) is 12.6 Å². The summed E-state index contributed by atoms with van der Waals surface area (Å²) in [6.07, 6.45) is 5.93. The smallest absolute Gasteiger partial charge is 0.251 e. The second-order valence-electron chi connectivity index (χ2n) is 8.33. The maximum absolute atomic E-state index is 12.7. The number of carbonyl (C=O) groups is 2. The summed E-state index contributed by atoms with van der Waals surface area (Å²) < 4.78 is 25.3. The van der Waals surface area contributed by atoms with Gasteiger partial charge in [-0.2, -0.15) is 0 Å². The molecular weight excluding hydrogens is 402 g/mol. The van der Waals surface area contributed by atoms with Crippen molar-refractivity contribution in [2.24, 2.45) is 5.92 Å². The quantitative estimate of drug-likeness (QED) is 0.439. The summed E-state index contributed by atoms with van der Waals surface area (Å²) in [6.45, 7) is 8.05. The molecule has 30 heavy (non-hydrogen) atoms. The molecule has 0 radical (unpaired) electrons. The lowest BCUT2D eigenvalue weighted by Crippen LogP contribution is -2.54. The third-order valence-electron chi connectivity index (χ3n) is 4.77. The van der Waals surface area contributed by atoms with Gasteiger partial charge in [0.2, 0.25) is 15.9 Å². The molecule has 7 nitrogen and oxygen atoms in total. The molecule has 1 aromatic rings. The minimum atomic E-state index is -3.50. The van der Waals surface area contributed by atoms with Gasteiger partial charge in [-0.3, -0.25) is 9.59 Å². The highest BCUT2D eigenvalue weighted by atomic mass is 32.2. The van der Waals surface area contributed by atoms with Gasteiger partial charge in [-0.05, 0) is 56.2 Å². The van der Waals surface area contributed by atoms with E-state index in [9.17, 15) is 18.0 Å². The van der Waals surface area contributed by atoms with Crippen LogP contribution < -0.4 is 15.4 Å². The number of benzene rings is 1. The van der Waals surface area contributed by atoms with Crippen molar-refractivity contribution < 1.29 is 18.0 Å². The first-order valence-electron chi connectivity index (χ1n) is 10.7. The van der Waals surface area contributed by atoms with Crippen LogP contribution in [0.3, 0.4) is 0 Å². The summed E-state index contributed by atoms with van der Waals surface area (Å²) >= 11 is 0. The maximum atomic E-state index is 12.7. The van der Waals surface area contributed by atoms with Gasteiger partial charge in [0.1, 0.15) is 6.04 Å². The van der Waals surface area contributed by atoms with Gasteiger partial charge in [0, 0.05) is 18.2 Å². The topological polar surface area (TPSA) is 104 Å². The van der Waals surface area contributed by atoms with E-state index in [0.717, 1.165) is 43.9 Å². The fourth-order valence-corrected chi connectivity index (χ4v) is 3.36. The van der Waals surface area contributed by atoms with Crippen LogP contribution in [-0.2, 0) is 21.2 Å². The number of rotatable bonds is 13. The van der Waals surface area contributed by atoms with Crippen LogP contribution in [-0.4, -0.2) is 45.1 Å². The van der Waals surface area contributed by atoms with Crippen LogP contribution in [0.5, 0.6) is 0 Å². The third-order valence-corrected chi connectivity index (χ3v) is 5.46. The zero-order chi connectivity index (χ0) is 22.7. The summed E-state index contributed by atoms with van der Waals surface area (Å²) in [7, 11) is -3.50. The highest BCUT2D eigenvalue weighted by molar-refractivity contribution is 7.88. The Labute approximate surface area is 181 Å². The van der Waals surface area contributed by atoms with Gasteiger partial charge >= 0.3 is 0 Å². The van der Waals surface area contributed by atoms with Gasteiger partial charge in [0.15, 0.2) is 0 Å². The summed E-state index contributed by atoms with van der Waals surface area (Å²) in [5.74, 6) is -0.301. The van der Waals surface area contributed by atoms with Gasteiger partial charge in [0.25, 0.3) is 5.91 Å². The standard InChI is InChI=1S/C22H37N3O4S/c1-6-7-8-18-11-13-19(14-12-18)21(26)25-20(15-23-30(5,28)29)22(27)24-17(4)10-9-16(2)3/h11-14,16-17,20,23H,6-10,15H2,1-5H3,(H,24,27)(H,25,26)/t17?,20-/m0/s1. The predicted molar refractivity (Wildman–Crippen MR) is 121 cm³/mol. The van der Waals surface area contributed by atoms with E-state index in [1.807, 2.05) is 19.1 Å². The van der Waals surface area contributed by atoms with E-state index < -0.39 is 27.9 Å². The molecule has 0 saturated heterocycles. The van der Waals surface area contributed by atoms with E-state index in [0.29, 0.717) is 11.5 Å². The van der Waals surface area contributed by atoms with E-state index in [1.54, 1.807) is 12.1 Å². The third kappa shape index (κ3) is 10.7. The Hall–Kier alpha value is -1.93. The van der Waals surface area contributed by atoms with Crippen LogP contribution in [0, 0.1) is 5.92 Å². The molecule has 1 unspecified atom stereocenters. The molecule has 2 atom stereocenters. The van der Waals surface area contributed by atoms with Crippen LogP contribution in [0.1, 0.15) is 69.3 Å². The number of hydrogen-bond acceptors (Lipinski definition) is 4. The van der Waals surface area contributed by atoms with Crippen LogP contribution in [0.4, 0.5) is 0 Å². The van der Waals surface area contributed by atoms with Crippen molar-refractivity contribution in [3.05, 3.63) is 35.4 Å². The van der Waals surface area contributed by atoms with Crippen molar-refractivity contribution in [3.8, 4) is 0 Å². The first-order valence-corrected chi connectivity index (χ1v) is 12.6. The number of nitrogens with one attached hydrogen (secondary N) is 3. The maximum Gasteiger partial charge on any atom is 0.251 e. The fraction of sp³-hybridized carbons (Fsp3) is 0.636. The SMILES string of the molecule is CCCCc1ccc(C(=O)N[C@@H](CNS(C)(=O)=O)C(=O)NC(C)CCC(C)C)cc1. The van der Waals surface area contributed by atoms with Crippen molar-refractivity contribution in [1.82, 2.24) is 15.4 Å². The van der Waals surface area contributed by atoms with Gasteiger partial charge in [-0.15, -0.1) is 0 Å². The largest absolute Gasteiger partial charge is 0.352 e. The summed E-state index contributed by atoms with van der Waals surface area (Å²) in [4.78, 5) is 25.3. The van der Waals surface area contributed by atoms with Crippen LogP contribution in [0.25, 0.3) is 0 Å². The van der Waals surface area contributed by atoms with E-state index >= 15 is 0 Å². The Morgan fingerprint density at radius 1 is 1.00 bits per heavy atom. The Balaban J connectivity index is 2.81. The van der Waals surface area contributed by atoms with Crippen LogP contribution >= 0.6 is 0 Å². The number of aryl methyl sites for hydroxylation is 1. The Morgan fingerprint density at radius 2 is 1.63 bits per heavy atom. The lowest BCUT2D eigenvalue weighted by molar-refractivity contribution is -0.123. The predicted octanol–water partition coefficient (Wildman–Crippen LogP) is 2.62. The van der Waals surface area contributed by atoms with Crippen LogP contribution in [0.15, 0.2) is 24.3 Å². The van der Waals surface area contributed by atoms with Crippen molar-refractivity contribution in [1.29, 1.82) is 0 Å². The molecule has 0 saturated carbocycles. The molecular formula is C22H37N3O4S. The number of amides is 2. The van der Waals surface area contributed by atoms with Crippen molar-refractivity contribution in [2.75, 3.05) is 12.8 Å². The van der Waals surface area contributed by atoms with E-state index in [1.165, 1.54) is 0 Å². The average Bonchev–Trinajstić information content (AvgIpc) is 2.67. The Morgan fingerprint density at radius 3 is 2.17 bits per heavy atom. The number of sulfonamides is 1. The van der Waals surface area contributed by atoms with Crippen LogP contribution in [0.2, 0.25) is 0 Å². The molecule has 0 aromatic heterocycles. The van der Waals surface area contributed by atoms with Gasteiger partial charge in [-0.25, -0.2) is 13.1 Å². The molecule has 0 aliphatic carbocycles. The molecule has 0 heterocycles. The molecule has 1 rings (SSSR count). The molecule has 8 heteroatoms. The molecule has 0 aliphatic heterocycles. The fourth-order valence-electron chi connectivity index (χ4n) is 2.89. The highest BCUT2D eigenvalue weighted by Gasteiger charge is 2.24. The second-order valence-corrected chi connectivity index (χ2v) is 10.2. The zero-order valence-corrected chi connectivity index (χ0v) is 19.6. The molecule has 3 N–H and O–H groups in total. The first-order chi connectivity index (χ1) is 14.0. The molecule has 170 valence electrons. The normalized spacial score (nSPS) is 13.7. The van der Waals surface area contributed by atoms with Gasteiger partial charge in [0.05, 0.1) is 6.26 Å². The lowest BCUT2D eigenvalue weighted by atomic mass is 10.0. The number of hydrogen-bond donors (Lipinski definition) is 3. The summed E-state index contributed by atoms with van der Waals surface area (Å²) in [5.41, 5.74) is 1.58. The molecule has 0 aliphatic rings. The van der Waals surface area contributed by atoms with Gasteiger partial charge < -0.3 is 10.6 Å². The molecule has 0 fully saturated rings. The second kappa shape index (κ2) is 12.7. The highest BCUT2D eigenvalue weighted by Crippen LogP contribution is 2.09. The molecule has 2 amide bonds. The van der Waals surface area contributed by atoms with Gasteiger partial charge in [-0.1, -0.05) is 39.3 Å². The summed E-state index contributed by atoms with van der Waals surface area (Å²) in [6, 6.07) is 6.18. The van der Waals surface area contributed by atoms with Crippen molar-refractivity contribution in [3.63, 3.8) is 0 Å². The molecule has 0 spiro atoms. The average molecular weight is 440 g/mol. The van der Waals surface area contributed by atoms with E-state index in [4.69, 9.17) is 0 Å². The van der Waals surface area contributed by atoms with Crippen molar-refractivity contribution in [2.45, 2.75) is 71.9 Å². The molecule has 1 aromatic carbocycles. The lowest BCUT2D eigenvalue weighted by Gasteiger charge is -2.22. The monoisotopic (exact) mass is 439 g/mol. The number of carbonyl (C=O) groups excluding carboxylic acids is 2. The Bertz CT molecular complexity index is 776. The molecule has 0 bridgehead atoms. The van der Waals surface area contributed by atoms with Crippen molar-refractivity contribution >= 4 is 21.8 Å². The van der Waals surface area contributed by atoms with E-state index in [2.05, 4.69) is 36.1 Å². The first kappa shape index (κ1) is 26.1. The zero-order valence-electron chi connectivity index (χ0n) is 18.8. The minimum Gasteiger partial charge on any atom is -0.352 e. The Kier molecular flexibility index (Phi) is 11.0. The summed E-state index contributed by atoms with van der Waals surface area (Å²) in [5, 5.41) is 5.53. The minimum absolute atomic E-state index is 0.0737.